The largest absolute Gasteiger partial charge is 0.497 e. The third-order valence-electron chi connectivity index (χ3n) is 3.73. The highest BCUT2D eigenvalue weighted by molar-refractivity contribution is 6.36. The van der Waals surface area contributed by atoms with Gasteiger partial charge in [-0.15, -0.1) is 0 Å². The second-order valence-corrected chi connectivity index (χ2v) is 7.04. The molecule has 2 aromatic rings. The molecule has 7 heteroatoms. The zero-order valence-electron chi connectivity index (χ0n) is 16.3. The number of carbonyl (C=O) groups excluding carboxylic acids is 2. The quantitative estimate of drug-likeness (QED) is 0.359. The summed E-state index contributed by atoms with van der Waals surface area (Å²) in [6.45, 7) is 5.10. The van der Waals surface area contributed by atoms with Crippen LogP contribution in [0.25, 0.3) is 5.53 Å². The Labute approximate surface area is 163 Å². The minimum absolute atomic E-state index is 0.322. The summed E-state index contributed by atoms with van der Waals surface area (Å²) in [6.07, 6.45) is 0. The van der Waals surface area contributed by atoms with Crippen molar-refractivity contribution in [2.75, 3.05) is 7.11 Å². The number of hydrogen-bond donors (Lipinski definition) is 1. The van der Waals surface area contributed by atoms with E-state index in [1.807, 2.05) is 0 Å². The number of carbonyl (C=O) groups is 2. The maximum atomic E-state index is 12.8. The molecule has 7 nitrogen and oxygen atoms in total. The number of nitrogens with zero attached hydrogens (tertiary/aromatic N) is 2. The first-order valence-corrected chi connectivity index (χ1v) is 8.70. The van der Waals surface area contributed by atoms with Crippen molar-refractivity contribution >= 4 is 17.6 Å². The van der Waals surface area contributed by atoms with Crippen LogP contribution in [0, 0.1) is 0 Å². The van der Waals surface area contributed by atoms with Gasteiger partial charge < -0.3 is 20.3 Å². The van der Waals surface area contributed by atoms with E-state index < -0.39 is 23.5 Å². The fourth-order valence-corrected chi connectivity index (χ4v) is 2.48. The van der Waals surface area contributed by atoms with Crippen molar-refractivity contribution in [2.24, 2.45) is 0 Å². The normalized spacial score (nSPS) is 11.7. The molecule has 1 amide bonds. The number of ether oxygens (including phenoxy) is 2. The Morgan fingerprint density at radius 1 is 1.07 bits per heavy atom. The SMILES string of the molecule is COc1cccc(C(=O)N[C@H](C(=[N+]=[N-])C(=O)OC(C)(C)C)c2ccccc2)c1. The lowest BCUT2D eigenvalue weighted by Crippen LogP contribution is -2.40. The minimum atomic E-state index is -1.00. The smallest absolute Gasteiger partial charge is 0.420 e. The fourth-order valence-electron chi connectivity index (χ4n) is 2.48. The molecule has 0 fully saturated rings. The van der Waals surface area contributed by atoms with Gasteiger partial charge in [-0.2, -0.15) is 4.79 Å². The summed E-state index contributed by atoms with van der Waals surface area (Å²) in [5.41, 5.74) is 9.30. The van der Waals surface area contributed by atoms with Crippen LogP contribution in [0.4, 0.5) is 0 Å². The molecule has 1 N–H and O–H groups in total. The molecule has 0 saturated carbocycles. The number of nitrogens with one attached hydrogen (secondary N) is 1. The van der Waals surface area contributed by atoms with Crippen LogP contribution >= 0.6 is 0 Å². The lowest BCUT2D eigenvalue weighted by molar-refractivity contribution is -0.151. The first-order chi connectivity index (χ1) is 13.2. The molecular weight excluding hydrogens is 358 g/mol. The van der Waals surface area contributed by atoms with E-state index in [9.17, 15) is 15.1 Å². The topological polar surface area (TPSA) is 101 Å². The van der Waals surface area contributed by atoms with Gasteiger partial charge in [0.05, 0.1) is 7.11 Å². The van der Waals surface area contributed by atoms with Crippen molar-refractivity contribution in [1.82, 2.24) is 5.32 Å². The Morgan fingerprint density at radius 2 is 1.75 bits per heavy atom. The first kappa shape index (κ1) is 20.9. The van der Waals surface area contributed by atoms with Crippen LogP contribution in [0.5, 0.6) is 5.75 Å². The van der Waals surface area contributed by atoms with E-state index in [4.69, 9.17) is 9.47 Å². The van der Waals surface area contributed by atoms with E-state index in [1.54, 1.807) is 75.4 Å². The van der Waals surface area contributed by atoms with Crippen molar-refractivity contribution in [2.45, 2.75) is 32.4 Å². The Balaban J connectivity index is 2.38. The predicted molar refractivity (Wildman–Crippen MR) is 104 cm³/mol. The average Bonchev–Trinajstić information content (AvgIpc) is 2.67. The number of methoxy groups -OCH3 is 1. The van der Waals surface area contributed by atoms with Gasteiger partial charge >= 0.3 is 11.7 Å². The molecule has 0 unspecified atom stereocenters. The van der Waals surface area contributed by atoms with Crippen LogP contribution in [0.2, 0.25) is 0 Å². The molecular formula is C21H23N3O4. The monoisotopic (exact) mass is 381 g/mol. The summed E-state index contributed by atoms with van der Waals surface area (Å²) >= 11 is 0. The molecule has 28 heavy (non-hydrogen) atoms. The number of amides is 1. The van der Waals surface area contributed by atoms with Gasteiger partial charge in [0.2, 0.25) is 0 Å². The molecule has 0 aliphatic heterocycles. The summed E-state index contributed by atoms with van der Waals surface area (Å²) in [5, 5.41) is 2.73. The summed E-state index contributed by atoms with van der Waals surface area (Å²) < 4.78 is 10.5. The van der Waals surface area contributed by atoms with Gasteiger partial charge in [-0.05, 0) is 44.5 Å². The van der Waals surface area contributed by atoms with Crippen LogP contribution < -0.4 is 10.1 Å². The minimum Gasteiger partial charge on any atom is -0.497 e. The van der Waals surface area contributed by atoms with Crippen LogP contribution in [-0.2, 0) is 9.53 Å². The van der Waals surface area contributed by atoms with Crippen molar-refractivity contribution in [3.63, 3.8) is 0 Å². The summed E-state index contributed by atoms with van der Waals surface area (Å²) in [6, 6.07) is 14.3. The van der Waals surface area contributed by atoms with E-state index in [2.05, 4.69) is 10.1 Å². The molecule has 0 aliphatic rings. The molecule has 2 rings (SSSR count). The third kappa shape index (κ3) is 5.53. The van der Waals surface area contributed by atoms with E-state index in [0.717, 1.165) is 0 Å². The van der Waals surface area contributed by atoms with Gasteiger partial charge in [0, 0.05) is 5.56 Å². The second-order valence-electron chi connectivity index (χ2n) is 7.04. The van der Waals surface area contributed by atoms with Crippen molar-refractivity contribution in [3.8, 4) is 5.75 Å². The standard InChI is InChI=1S/C21H23N3O4/c1-21(2,3)28-20(26)18(24-22)17(14-9-6-5-7-10-14)23-19(25)15-11-8-12-16(13-15)27-4/h5-13,17H,1-4H3,(H,23,25)/t17-/m0/s1. The molecule has 2 aromatic carbocycles. The lowest BCUT2D eigenvalue weighted by atomic mass is 10.0. The Kier molecular flexibility index (Phi) is 6.69. The maximum absolute atomic E-state index is 12.8. The molecule has 0 bridgehead atoms. The zero-order chi connectivity index (χ0) is 20.7. The first-order valence-electron chi connectivity index (χ1n) is 8.70. The van der Waals surface area contributed by atoms with Gasteiger partial charge in [-0.1, -0.05) is 36.4 Å². The molecule has 146 valence electrons. The van der Waals surface area contributed by atoms with Gasteiger partial charge in [0.25, 0.3) is 5.91 Å². The fraction of sp³-hybridized carbons (Fsp3) is 0.286. The summed E-state index contributed by atoms with van der Waals surface area (Å²) in [4.78, 5) is 28.4. The van der Waals surface area contributed by atoms with Crippen LogP contribution in [0.15, 0.2) is 54.6 Å². The molecule has 1 atom stereocenters. The zero-order valence-corrected chi connectivity index (χ0v) is 16.3. The average molecular weight is 381 g/mol. The van der Waals surface area contributed by atoms with Crippen LogP contribution in [0.1, 0.15) is 42.7 Å². The highest BCUT2D eigenvalue weighted by Crippen LogP contribution is 2.19. The van der Waals surface area contributed by atoms with Crippen molar-refractivity contribution in [1.29, 1.82) is 0 Å². The van der Waals surface area contributed by atoms with Crippen molar-refractivity contribution < 1.29 is 23.9 Å². The summed E-state index contributed by atoms with van der Waals surface area (Å²) in [7, 11) is 1.50. The summed E-state index contributed by atoms with van der Waals surface area (Å²) in [5.74, 6) is -0.764. The van der Waals surface area contributed by atoms with E-state index in [0.29, 0.717) is 16.9 Å². The van der Waals surface area contributed by atoms with Gasteiger partial charge in [0.15, 0.2) is 6.04 Å². The number of rotatable bonds is 6. The van der Waals surface area contributed by atoms with Crippen molar-refractivity contribution in [3.05, 3.63) is 71.3 Å². The van der Waals surface area contributed by atoms with Gasteiger partial charge in [-0.25, -0.2) is 4.79 Å². The number of hydrogen-bond acceptors (Lipinski definition) is 4. The van der Waals surface area contributed by atoms with Gasteiger partial charge in [0.1, 0.15) is 11.4 Å². The predicted octanol–water partition coefficient (Wildman–Crippen LogP) is 3.18. The van der Waals surface area contributed by atoms with E-state index in [1.165, 1.54) is 7.11 Å². The maximum Gasteiger partial charge on any atom is 0.420 e. The molecule has 0 saturated heterocycles. The lowest BCUT2D eigenvalue weighted by Gasteiger charge is -2.20. The second kappa shape index (κ2) is 8.97. The van der Waals surface area contributed by atoms with E-state index >= 15 is 0 Å². The molecule has 0 spiro atoms. The third-order valence-corrected chi connectivity index (χ3v) is 3.73. The number of esters is 1. The van der Waals surface area contributed by atoms with Crippen LogP contribution in [-0.4, -0.2) is 35.1 Å². The highest BCUT2D eigenvalue weighted by Gasteiger charge is 2.37. The molecule has 0 radical (unpaired) electrons. The Morgan fingerprint density at radius 3 is 2.32 bits per heavy atom. The number of benzene rings is 2. The Hall–Kier alpha value is -3.44. The molecule has 0 aromatic heterocycles. The highest BCUT2D eigenvalue weighted by atomic mass is 16.6. The van der Waals surface area contributed by atoms with Gasteiger partial charge in [-0.3, -0.25) is 4.79 Å². The molecule has 0 heterocycles. The van der Waals surface area contributed by atoms with Crippen LogP contribution in [0.3, 0.4) is 0 Å². The van der Waals surface area contributed by atoms with E-state index in [-0.39, 0.29) is 5.71 Å². The molecule has 0 aliphatic carbocycles. The Bertz CT molecular complexity index is 897.